The summed E-state index contributed by atoms with van der Waals surface area (Å²) < 4.78 is 5.35. The third kappa shape index (κ3) is 2.16. The van der Waals surface area contributed by atoms with Crippen molar-refractivity contribution in [2.75, 3.05) is 13.2 Å². The molecule has 0 aromatic carbocycles. The van der Waals surface area contributed by atoms with Gasteiger partial charge in [0.1, 0.15) is 12.1 Å². The topological polar surface area (TPSA) is 58.6 Å². The maximum atomic E-state index is 12.1. The lowest BCUT2D eigenvalue weighted by atomic mass is 9.95. The fourth-order valence-electron chi connectivity index (χ4n) is 2.65. The lowest BCUT2D eigenvalue weighted by Crippen LogP contribution is -2.64. The summed E-state index contributed by atoms with van der Waals surface area (Å²) >= 11 is 0. The minimum Gasteiger partial charge on any atom is -0.381 e. The molecule has 5 heteroatoms. The first kappa shape index (κ1) is 12.4. The molecule has 2 rings (SSSR count). The van der Waals surface area contributed by atoms with Crippen LogP contribution in [0.15, 0.2) is 0 Å². The second kappa shape index (κ2) is 4.64. The zero-order chi connectivity index (χ0) is 12.6. The molecule has 5 nitrogen and oxygen atoms in total. The van der Waals surface area contributed by atoms with Gasteiger partial charge >= 0.3 is 0 Å². The van der Waals surface area contributed by atoms with Crippen molar-refractivity contribution in [3.8, 4) is 0 Å². The molecule has 0 radical (unpaired) electrons. The average molecular weight is 240 g/mol. The molecule has 4 atom stereocenters. The second-order valence-corrected chi connectivity index (χ2v) is 5.02. The van der Waals surface area contributed by atoms with Crippen molar-refractivity contribution in [1.29, 1.82) is 0 Å². The predicted octanol–water partition coefficient (Wildman–Crippen LogP) is 0.147. The van der Waals surface area contributed by atoms with Gasteiger partial charge in [0.05, 0.1) is 6.61 Å². The van der Waals surface area contributed by atoms with Crippen molar-refractivity contribution in [2.45, 2.75) is 45.3 Å². The van der Waals surface area contributed by atoms with Crippen molar-refractivity contribution >= 4 is 11.8 Å². The molecule has 2 aliphatic rings. The van der Waals surface area contributed by atoms with E-state index in [-0.39, 0.29) is 23.9 Å². The normalized spacial score (nSPS) is 35.9. The SMILES string of the molecule is CC1NC(=O)C(C)N(C(C)C2CCOC2)C1=O. The summed E-state index contributed by atoms with van der Waals surface area (Å²) in [4.78, 5) is 25.6. The highest BCUT2D eigenvalue weighted by molar-refractivity contribution is 5.96. The van der Waals surface area contributed by atoms with Crippen LogP contribution in [0.4, 0.5) is 0 Å². The van der Waals surface area contributed by atoms with Gasteiger partial charge < -0.3 is 15.0 Å². The summed E-state index contributed by atoms with van der Waals surface area (Å²) in [7, 11) is 0. The van der Waals surface area contributed by atoms with E-state index in [0.717, 1.165) is 13.0 Å². The summed E-state index contributed by atoms with van der Waals surface area (Å²) in [6, 6.07) is -0.730. The summed E-state index contributed by atoms with van der Waals surface area (Å²) in [6.45, 7) is 6.97. The number of carbonyl (C=O) groups excluding carboxylic acids is 2. The summed E-state index contributed by atoms with van der Waals surface area (Å²) in [5.41, 5.74) is 0. The number of amides is 2. The highest BCUT2D eigenvalue weighted by atomic mass is 16.5. The smallest absolute Gasteiger partial charge is 0.245 e. The zero-order valence-corrected chi connectivity index (χ0v) is 10.6. The van der Waals surface area contributed by atoms with E-state index < -0.39 is 6.04 Å². The number of ether oxygens (including phenoxy) is 1. The molecule has 0 spiro atoms. The molecule has 2 amide bonds. The first-order valence-electron chi connectivity index (χ1n) is 6.22. The summed E-state index contributed by atoms with van der Waals surface area (Å²) in [5.74, 6) is 0.291. The molecule has 2 aliphatic heterocycles. The maximum Gasteiger partial charge on any atom is 0.245 e. The van der Waals surface area contributed by atoms with Gasteiger partial charge in [-0.15, -0.1) is 0 Å². The van der Waals surface area contributed by atoms with E-state index in [9.17, 15) is 9.59 Å². The number of rotatable bonds is 2. The molecule has 2 fully saturated rings. The van der Waals surface area contributed by atoms with Crippen LogP contribution < -0.4 is 5.32 Å². The Bertz CT molecular complexity index is 326. The minimum absolute atomic E-state index is 0.0106. The van der Waals surface area contributed by atoms with Gasteiger partial charge in [0.2, 0.25) is 11.8 Å². The predicted molar refractivity (Wildman–Crippen MR) is 62.3 cm³/mol. The molecule has 0 aromatic rings. The molecule has 96 valence electrons. The minimum atomic E-state index is -0.413. The van der Waals surface area contributed by atoms with Crippen LogP contribution in [0.5, 0.6) is 0 Å². The molecule has 4 unspecified atom stereocenters. The lowest BCUT2D eigenvalue weighted by Gasteiger charge is -2.41. The highest BCUT2D eigenvalue weighted by Gasteiger charge is 2.41. The lowest BCUT2D eigenvalue weighted by molar-refractivity contribution is -0.151. The Balaban J connectivity index is 2.15. The van der Waals surface area contributed by atoms with E-state index in [1.807, 2.05) is 6.92 Å². The van der Waals surface area contributed by atoms with Gasteiger partial charge in [-0.2, -0.15) is 0 Å². The van der Waals surface area contributed by atoms with E-state index in [4.69, 9.17) is 4.74 Å². The van der Waals surface area contributed by atoms with Gasteiger partial charge in [0, 0.05) is 18.6 Å². The Labute approximate surface area is 101 Å². The average Bonchev–Trinajstić information content (AvgIpc) is 2.80. The molecule has 0 aromatic heterocycles. The Kier molecular flexibility index (Phi) is 3.38. The number of hydrogen-bond donors (Lipinski definition) is 1. The van der Waals surface area contributed by atoms with Gasteiger partial charge in [0.25, 0.3) is 0 Å². The molecular formula is C12H20N2O3. The van der Waals surface area contributed by atoms with Crippen LogP contribution in [-0.2, 0) is 14.3 Å². The summed E-state index contributed by atoms with van der Waals surface area (Å²) in [5, 5.41) is 2.69. The highest BCUT2D eigenvalue weighted by Crippen LogP contribution is 2.24. The van der Waals surface area contributed by atoms with Crippen LogP contribution in [0.1, 0.15) is 27.2 Å². The Morgan fingerprint density at radius 2 is 2.12 bits per heavy atom. The Morgan fingerprint density at radius 1 is 1.41 bits per heavy atom. The molecule has 2 heterocycles. The van der Waals surface area contributed by atoms with Crippen molar-refractivity contribution < 1.29 is 14.3 Å². The largest absolute Gasteiger partial charge is 0.381 e. The van der Waals surface area contributed by atoms with Crippen molar-refractivity contribution in [3.05, 3.63) is 0 Å². The number of hydrogen-bond acceptors (Lipinski definition) is 3. The third-order valence-electron chi connectivity index (χ3n) is 3.87. The quantitative estimate of drug-likeness (QED) is 0.747. The molecule has 2 saturated heterocycles. The van der Waals surface area contributed by atoms with Crippen LogP contribution in [0.3, 0.4) is 0 Å². The molecule has 0 bridgehead atoms. The monoisotopic (exact) mass is 240 g/mol. The first-order valence-corrected chi connectivity index (χ1v) is 6.22. The van der Waals surface area contributed by atoms with E-state index in [1.54, 1.807) is 18.7 Å². The van der Waals surface area contributed by atoms with E-state index in [2.05, 4.69) is 5.32 Å². The van der Waals surface area contributed by atoms with Gasteiger partial charge in [0.15, 0.2) is 0 Å². The number of piperazine rings is 1. The van der Waals surface area contributed by atoms with E-state index in [1.165, 1.54) is 0 Å². The van der Waals surface area contributed by atoms with Crippen molar-refractivity contribution in [1.82, 2.24) is 10.2 Å². The molecule has 0 aliphatic carbocycles. The fourth-order valence-corrected chi connectivity index (χ4v) is 2.65. The number of carbonyl (C=O) groups is 2. The summed E-state index contributed by atoms with van der Waals surface area (Å²) in [6.07, 6.45) is 0.966. The van der Waals surface area contributed by atoms with Gasteiger partial charge in [-0.1, -0.05) is 0 Å². The van der Waals surface area contributed by atoms with Gasteiger partial charge in [-0.05, 0) is 27.2 Å². The Morgan fingerprint density at radius 3 is 2.71 bits per heavy atom. The fraction of sp³-hybridized carbons (Fsp3) is 0.833. The third-order valence-corrected chi connectivity index (χ3v) is 3.87. The van der Waals surface area contributed by atoms with Crippen LogP contribution >= 0.6 is 0 Å². The first-order chi connectivity index (χ1) is 8.02. The molecular weight excluding hydrogens is 220 g/mol. The van der Waals surface area contributed by atoms with Crippen LogP contribution in [-0.4, -0.2) is 48.1 Å². The molecule has 1 N–H and O–H groups in total. The van der Waals surface area contributed by atoms with E-state index in [0.29, 0.717) is 12.5 Å². The number of nitrogens with zero attached hydrogens (tertiary/aromatic N) is 1. The van der Waals surface area contributed by atoms with Crippen molar-refractivity contribution in [2.24, 2.45) is 5.92 Å². The number of nitrogens with one attached hydrogen (secondary N) is 1. The van der Waals surface area contributed by atoms with Crippen molar-refractivity contribution in [3.63, 3.8) is 0 Å². The van der Waals surface area contributed by atoms with E-state index >= 15 is 0 Å². The van der Waals surface area contributed by atoms with Gasteiger partial charge in [-0.3, -0.25) is 9.59 Å². The van der Waals surface area contributed by atoms with Crippen LogP contribution in [0.25, 0.3) is 0 Å². The second-order valence-electron chi connectivity index (χ2n) is 5.02. The molecule has 0 saturated carbocycles. The molecule has 17 heavy (non-hydrogen) atoms. The zero-order valence-electron chi connectivity index (χ0n) is 10.6. The van der Waals surface area contributed by atoms with Gasteiger partial charge in [-0.25, -0.2) is 0 Å². The van der Waals surface area contributed by atoms with Crippen LogP contribution in [0.2, 0.25) is 0 Å². The maximum absolute atomic E-state index is 12.1. The van der Waals surface area contributed by atoms with Crippen LogP contribution in [0, 0.1) is 5.92 Å². The Hall–Kier alpha value is -1.10. The standard InChI is InChI=1S/C12H20N2O3/c1-7-12(16)14(9(3)11(15)13-7)8(2)10-4-5-17-6-10/h7-10H,4-6H2,1-3H3,(H,13,15).